The third kappa shape index (κ3) is 2.86. The molecule has 20 heavy (non-hydrogen) atoms. The highest BCUT2D eigenvalue weighted by molar-refractivity contribution is 9.10. The van der Waals surface area contributed by atoms with Crippen LogP contribution < -0.4 is 9.80 Å². The largest absolute Gasteiger partial charge is 0.352 e. The Bertz CT molecular complexity index is 587. The number of hydrogen-bond acceptors (Lipinski definition) is 5. The van der Waals surface area contributed by atoms with Crippen molar-refractivity contribution in [2.75, 3.05) is 36.0 Å². The van der Waals surface area contributed by atoms with Crippen molar-refractivity contribution in [2.24, 2.45) is 0 Å². The van der Waals surface area contributed by atoms with Gasteiger partial charge in [0.1, 0.15) is 5.82 Å². The van der Waals surface area contributed by atoms with Crippen LogP contribution in [-0.4, -0.2) is 41.1 Å². The van der Waals surface area contributed by atoms with Crippen molar-refractivity contribution in [2.45, 2.75) is 0 Å². The van der Waals surface area contributed by atoms with E-state index < -0.39 is 0 Å². The average Bonchev–Trinajstić information content (AvgIpc) is 2.48. The van der Waals surface area contributed by atoms with Gasteiger partial charge >= 0.3 is 0 Å². The molecule has 1 aliphatic heterocycles. The van der Waals surface area contributed by atoms with Gasteiger partial charge in [0, 0.05) is 44.8 Å². The van der Waals surface area contributed by atoms with Crippen LogP contribution in [0.15, 0.2) is 35.2 Å². The maximum Gasteiger partial charge on any atom is 0.225 e. The summed E-state index contributed by atoms with van der Waals surface area (Å²) in [7, 11) is 0. The van der Waals surface area contributed by atoms with Crippen LogP contribution in [-0.2, 0) is 0 Å². The summed E-state index contributed by atoms with van der Waals surface area (Å²) < 4.78 is 0.925. The first-order valence-electron chi connectivity index (χ1n) is 6.32. The molecular formula is C13H13BrClN5. The molecule has 0 radical (unpaired) electrons. The molecule has 0 atom stereocenters. The molecule has 0 unspecified atom stereocenters. The fraction of sp³-hybridized carbons (Fsp3) is 0.308. The quantitative estimate of drug-likeness (QED) is 0.829. The molecule has 2 aromatic rings. The molecule has 3 heterocycles. The van der Waals surface area contributed by atoms with E-state index in [1.54, 1.807) is 18.6 Å². The van der Waals surface area contributed by atoms with E-state index in [2.05, 4.69) is 40.7 Å². The normalized spacial score (nSPS) is 15.5. The Hall–Kier alpha value is -1.40. The Morgan fingerprint density at radius 3 is 2.30 bits per heavy atom. The Morgan fingerprint density at radius 2 is 1.65 bits per heavy atom. The van der Waals surface area contributed by atoms with Gasteiger partial charge in [-0.25, -0.2) is 15.0 Å². The van der Waals surface area contributed by atoms with Gasteiger partial charge in [-0.3, -0.25) is 0 Å². The zero-order valence-corrected chi connectivity index (χ0v) is 13.0. The standard InChI is InChI=1S/C13H13BrClN5/c14-11-8-10(15)9-18-12(11)19-4-6-20(7-5-19)13-16-2-1-3-17-13/h1-3,8-9H,4-7H2. The number of piperazine rings is 1. The predicted octanol–water partition coefficient (Wildman–Crippen LogP) is 2.61. The first kappa shape index (κ1) is 13.6. The molecule has 3 rings (SSSR count). The molecule has 1 aliphatic rings. The fourth-order valence-electron chi connectivity index (χ4n) is 2.21. The molecule has 104 valence electrons. The summed E-state index contributed by atoms with van der Waals surface area (Å²) in [6.45, 7) is 3.51. The molecular weight excluding hydrogens is 342 g/mol. The van der Waals surface area contributed by atoms with E-state index >= 15 is 0 Å². The molecule has 1 saturated heterocycles. The van der Waals surface area contributed by atoms with E-state index in [0.717, 1.165) is 42.4 Å². The summed E-state index contributed by atoms with van der Waals surface area (Å²) in [5.41, 5.74) is 0. The van der Waals surface area contributed by atoms with Crippen molar-refractivity contribution in [3.8, 4) is 0 Å². The molecule has 7 heteroatoms. The maximum atomic E-state index is 5.92. The van der Waals surface area contributed by atoms with Gasteiger partial charge < -0.3 is 9.80 Å². The van der Waals surface area contributed by atoms with E-state index in [9.17, 15) is 0 Å². The SMILES string of the molecule is Clc1cnc(N2CCN(c3ncccn3)CC2)c(Br)c1. The summed E-state index contributed by atoms with van der Waals surface area (Å²) >= 11 is 9.44. The molecule has 0 N–H and O–H groups in total. The lowest BCUT2D eigenvalue weighted by molar-refractivity contribution is 0.633. The van der Waals surface area contributed by atoms with Gasteiger partial charge in [-0.05, 0) is 28.1 Å². The monoisotopic (exact) mass is 353 g/mol. The van der Waals surface area contributed by atoms with Crippen LogP contribution in [0.1, 0.15) is 0 Å². The van der Waals surface area contributed by atoms with E-state index in [4.69, 9.17) is 11.6 Å². The van der Waals surface area contributed by atoms with Crippen LogP contribution in [0.5, 0.6) is 0 Å². The second-order valence-electron chi connectivity index (χ2n) is 4.48. The minimum Gasteiger partial charge on any atom is -0.352 e. The second kappa shape index (κ2) is 5.93. The van der Waals surface area contributed by atoms with Crippen molar-refractivity contribution in [1.82, 2.24) is 15.0 Å². The van der Waals surface area contributed by atoms with Gasteiger partial charge in [0.15, 0.2) is 0 Å². The van der Waals surface area contributed by atoms with Gasteiger partial charge in [-0.2, -0.15) is 0 Å². The van der Waals surface area contributed by atoms with Crippen LogP contribution in [0.4, 0.5) is 11.8 Å². The highest BCUT2D eigenvalue weighted by Gasteiger charge is 2.21. The summed E-state index contributed by atoms with van der Waals surface area (Å²) in [5, 5.41) is 0.636. The molecule has 0 aliphatic carbocycles. The van der Waals surface area contributed by atoms with E-state index in [0.29, 0.717) is 5.02 Å². The van der Waals surface area contributed by atoms with Crippen molar-refractivity contribution < 1.29 is 0 Å². The molecule has 0 amide bonds. The number of nitrogens with zero attached hydrogens (tertiary/aromatic N) is 5. The Kier molecular flexibility index (Phi) is 4.03. The molecule has 1 fully saturated rings. The van der Waals surface area contributed by atoms with Gasteiger partial charge in [-0.1, -0.05) is 11.6 Å². The number of rotatable bonds is 2. The number of halogens is 2. The summed E-state index contributed by atoms with van der Waals surface area (Å²) in [6, 6.07) is 3.70. The van der Waals surface area contributed by atoms with Crippen LogP contribution in [0.3, 0.4) is 0 Å². The lowest BCUT2D eigenvalue weighted by Gasteiger charge is -2.35. The average molecular weight is 355 g/mol. The van der Waals surface area contributed by atoms with Gasteiger partial charge in [0.25, 0.3) is 0 Å². The third-order valence-corrected chi connectivity index (χ3v) is 3.99. The number of aromatic nitrogens is 3. The van der Waals surface area contributed by atoms with E-state index in [1.165, 1.54) is 0 Å². The van der Waals surface area contributed by atoms with Gasteiger partial charge in [-0.15, -0.1) is 0 Å². The van der Waals surface area contributed by atoms with Crippen LogP contribution >= 0.6 is 27.5 Å². The number of pyridine rings is 1. The van der Waals surface area contributed by atoms with Crippen LogP contribution in [0, 0.1) is 0 Å². The first-order valence-corrected chi connectivity index (χ1v) is 7.49. The maximum absolute atomic E-state index is 5.92. The van der Waals surface area contributed by atoms with Crippen LogP contribution in [0.25, 0.3) is 0 Å². The smallest absolute Gasteiger partial charge is 0.225 e. The van der Waals surface area contributed by atoms with Crippen LogP contribution in [0.2, 0.25) is 5.02 Å². The zero-order chi connectivity index (χ0) is 13.9. The number of hydrogen-bond donors (Lipinski definition) is 0. The second-order valence-corrected chi connectivity index (χ2v) is 5.77. The van der Waals surface area contributed by atoms with Crippen molar-refractivity contribution in [3.63, 3.8) is 0 Å². The summed E-state index contributed by atoms with van der Waals surface area (Å²) in [5.74, 6) is 1.72. The van der Waals surface area contributed by atoms with Gasteiger partial charge in [0.05, 0.1) is 9.50 Å². The Labute approximate surface area is 130 Å². The number of anilines is 2. The molecule has 0 aromatic carbocycles. The molecule has 0 bridgehead atoms. The lowest BCUT2D eigenvalue weighted by Crippen LogP contribution is -2.47. The molecule has 5 nitrogen and oxygen atoms in total. The molecule has 2 aromatic heterocycles. The van der Waals surface area contributed by atoms with Gasteiger partial charge in [0.2, 0.25) is 5.95 Å². The van der Waals surface area contributed by atoms with E-state index in [-0.39, 0.29) is 0 Å². The summed E-state index contributed by atoms with van der Waals surface area (Å²) in [4.78, 5) is 17.4. The van der Waals surface area contributed by atoms with Crippen molar-refractivity contribution >= 4 is 39.3 Å². The summed E-state index contributed by atoms with van der Waals surface area (Å²) in [6.07, 6.45) is 5.21. The highest BCUT2D eigenvalue weighted by Crippen LogP contribution is 2.27. The predicted molar refractivity (Wildman–Crippen MR) is 83.4 cm³/mol. The zero-order valence-electron chi connectivity index (χ0n) is 10.7. The minimum absolute atomic E-state index is 0.636. The van der Waals surface area contributed by atoms with Crippen molar-refractivity contribution in [3.05, 3.63) is 40.2 Å². The fourth-order valence-corrected chi connectivity index (χ4v) is 3.10. The highest BCUT2D eigenvalue weighted by atomic mass is 79.9. The third-order valence-electron chi connectivity index (χ3n) is 3.20. The Balaban J connectivity index is 1.69. The van der Waals surface area contributed by atoms with E-state index in [1.807, 2.05) is 12.1 Å². The minimum atomic E-state index is 0.636. The topological polar surface area (TPSA) is 45.2 Å². The molecule has 0 saturated carbocycles. The van der Waals surface area contributed by atoms with Crippen molar-refractivity contribution in [1.29, 1.82) is 0 Å². The Morgan fingerprint density at radius 1 is 1.00 bits per heavy atom. The molecule has 0 spiro atoms. The lowest BCUT2D eigenvalue weighted by atomic mass is 10.3. The first-order chi connectivity index (χ1) is 9.74.